The van der Waals surface area contributed by atoms with Crippen molar-refractivity contribution in [3.8, 4) is 11.8 Å². The lowest BCUT2D eigenvalue weighted by molar-refractivity contribution is -0.136. The summed E-state index contributed by atoms with van der Waals surface area (Å²) >= 11 is 0. The van der Waals surface area contributed by atoms with Crippen LogP contribution in [0.2, 0.25) is 0 Å². The van der Waals surface area contributed by atoms with Gasteiger partial charge < -0.3 is 19.7 Å². The first-order valence-electron chi connectivity index (χ1n) is 16.4. The van der Waals surface area contributed by atoms with Crippen molar-refractivity contribution in [2.24, 2.45) is 0 Å². The number of piperidine rings is 2. The predicted molar refractivity (Wildman–Crippen MR) is 172 cm³/mol. The maximum atomic E-state index is 13.6. The van der Waals surface area contributed by atoms with Gasteiger partial charge in [0.25, 0.3) is 0 Å². The number of aryl methyl sites for hydroxylation is 2. The fourth-order valence-corrected chi connectivity index (χ4v) is 8.80. The van der Waals surface area contributed by atoms with Gasteiger partial charge in [0, 0.05) is 42.8 Å². The van der Waals surface area contributed by atoms with Crippen molar-refractivity contribution in [2.45, 2.75) is 95.3 Å². The molecular weight excluding hydrogens is 550 g/mol. The first-order valence-corrected chi connectivity index (χ1v) is 16.4. The molecule has 0 spiro atoms. The topological polar surface area (TPSA) is 86.8 Å². The van der Waals surface area contributed by atoms with Gasteiger partial charge in [0.2, 0.25) is 5.91 Å². The molecule has 8 heteroatoms. The number of carbonyl (C=O) groups excluding carboxylic acids is 1. The van der Waals surface area contributed by atoms with Crippen LogP contribution in [0.3, 0.4) is 0 Å². The van der Waals surface area contributed by atoms with Crippen LogP contribution in [-0.2, 0) is 10.2 Å². The summed E-state index contributed by atoms with van der Waals surface area (Å²) in [5, 5.41) is 20.8. The number of hydrogen-bond donors (Lipinski definition) is 2. The maximum absolute atomic E-state index is 13.6. The van der Waals surface area contributed by atoms with E-state index in [1.807, 2.05) is 4.90 Å². The van der Waals surface area contributed by atoms with E-state index in [1.165, 1.54) is 47.4 Å². The van der Waals surface area contributed by atoms with Gasteiger partial charge >= 0.3 is 0 Å². The average Bonchev–Trinajstić information content (AvgIpc) is 3.60. The SMILES string of the molecule is Cc1cc(O)n(C(C)C(=O)N2CCC(CCN3C4CCC3CC(n3c(C)nc5ccccc53)C4)(c3ccccc3)CC2)c1O. The first-order chi connectivity index (χ1) is 21.3. The van der Waals surface area contributed by atoms with Crippen LogP contribution < -0.4 is 0 Å². The van der Waals surface area contributed by atoms with Crippen LogP contribution in [-0.4, -0.2) is 71.8 Å². The van der Waals surface area contributed by atoms with Gasteiger partial charge in [0.15, 0.2) is 11.8 Å². The van der Waals surface area contributed by atoms with E-state index in [-0.39, 0.29) is 23.1 Å². The zero-order chi connectivity index (χ0) is 30.6. The molecule has 44 heavy (non-hydrogen) atoms. The molecule has 3 fully saturated rings. The van der Waals surface area contributed by atoms with Crippen LogP contribution in [0.25, 0.3) is 11.0 Å². The number of amides is 1. The van der Waals surface area contributed by atoms with E-state index in [0.29, 0.717) is 36.8 Å². The van der Waals surface area contributed by atoms with Crippen LogP contribution in [0, 0.1) is 13.8 Å². The number of para-hydroxylation sites is 2. The summed E-state index contributed by atoms with van der Waals surface area (Å²) < 4.78 is 3.84. The molecule has 3 unspecified atom stereocenters. The Kier molecular flexibility index (Phi) is 7.43. The van der Waals surface area contributed by atoms with Crippen molar-refractivity contribution in [2.75, 3.05) is 19.6 Å². The average molecular weight is 596 g/mol. The van der Waals surface area contributed by atoms with Crippen LogP contribution in [0.5, 0.6) is 11.8 Å². The molecule has 2 aromatic heterocycles. The third-order valence-electron chi connectivity index (χ3n) is 11.2. The fourth-order valence-electron chi connectivity index (χ4n) is 8.80. The van der Waals surface area contributed by atoms with Crippen LogP contribution >= 0.6 is 0 Å². The second-order valence-corrected chi connectivity index (χ2v) is 13.5. The van der Waals surface area contributed by atoms with Gasteiger partial charge in [0.05, 0.1) is 11.0 Å². The lowest BCUT2D eigenvalue weighted by Gasteiger charge is -2.46. The van der Waals surface area contributed by atoms with Crippen molar-refractivity contribution in [3.63, 3.8) is 0 Å². The predicted octanol–water partition coefficient (Wildman–Crippen LogP) is 6.25. The minimum atomic E-state index is -0.666. The molecule has 2 aromatic carbocycles. The third kappa shape index (κ3) is 4.87. The number of aromatic nitrogens is 3. The molecule has 5 heterocycles. The van der Waals surface area contributed by atoms with Gasteiger partial charge in [-0.05, 0) is 95.4 Å². The Morgan fingerprint density at radius 1 is 0.955 bits per heavy atom. The summed E-state index contributed by atoms with van der Waals surface area (Å²) in [4.78, 5) is 23.2. The summed E-state index contributed by atoms with van der Waals surface area (Å²) in [6.07, 6.45) is 7.78. The summed E-state index contributed by atoms with van der Waals surface area (Å²) in [7, 11) is 0. The first kappa shape index (κ1) is 29.0. The number of hydrogen-bond acceptors (Lipinski definition) is 5. The number of likely N-dealkylation sites (tertiary alicyclic amines) is 1. The highest BCUT2D eigenvalue weighted by Gasteiger charge is 2.44. The number of carbonyl (C=O) groups is 1. The van der Waals surface area contributed by atoms with Gasteiger partial charge in [-0.15, -0.1) is 0 Å². The molecule has 3 aliphatic heterocycles. The zero-order valence-electron chi connectivity index (χ0n) is 26.2. The molecule has 3 atom stereocenters. The molecule has 3 aliphatic rings. The highest BCUT2D eigenvalue weighted by Crippen LogP contribution is 2.45. The van der Waals surface area contributed by atoms with E-state index in [2.05, 4.69) is 71.0 Å². The van der Waals surface area contributed by atoms with Crippen LogP contribution in [0.15, 0.2) is 60.7 Å². The lowest BCUT2D eigenvalue weighted by Crippen LogP contribution is -2.49. The number of fused-ring (bicyclic) bond motifs is 3. The van der Waals surface area contributed by atoms with E-state index in [1.54, 1.807) is 13.8 Å². The van der Waals surface area contributed by atoms with E-state index in [9.17, 15) is 15.0 Å². The Morgan fingerprint density at radius 3 is 2.27 bits per heavy atom. The van der Waals surface area contributed by atoms with Crippen molar-refractivity contribution in [3.05, 3.63) is 77.6 Å². The molecule has 4 aromatic rings. The molecule has 3 saturated heterocycles. The summed E-state index contributed by atoms with van der Waals surface area (Å²) in [5.41, 5.74) is 4.32. The molecule has 0 saturated carbocycles. The second kappa shape index (κ2) is 11.3. The van der Waals surface area contributed by atoms with Crippen molar-refractivity contribution in [1.29, 1.82) is 0 Å². The monoisotopic (exact) mass is 595 g/mol. The largest absolute Gasteiger partial charge is 0.494 e. The number of nitrogens with zero attached hydrogens (tertiary/aromatic N) is 5. The van der Waals surface area contributed by atoms with Gasteiger partial charge in [0.1, 0.15) is 11.9 Å². The van der Waals surface area contributed by atoms with Crippen molar-refractivity contribution < 1.29 is 15.0 Å². The lowest BCUT2D eigenvalue weighted by atomic mass is 9.70. The number of imidazole rings is 1. The van der Waals surface area contributed by atoms with Gasteiger partial charge in [-0.1, -0.05) is 42.5 Å². The Bertz CT molecular complexity index is 1640. The zero-order valence-corrected chi connectivity index (χ0v) is 26.2. The summed E-state index contributed by atoms with van der Waals surface area (Å²) in [6.45, 7) is 8.06. The quantitative estimate of drug-likeness (QED) is 0.264. The van der Waals surface area contributed by atoms with E-state index in [0.717, 1.165) is 37.1 Å². The molecule has 8 nitrogen and oxygen atoms in total. The summed E-state index contributed by atoms with van der Waals surface area (Å²) in [6, 6.07) is 22.0. The Hall–Kier alpha value is -3.78. The highest BCUT2D eigenvalue weighted by molar-refractivity contribution is 5.81. The molecule has 2 bridgehead atoms. The standard InChI is InChI=1S/C36H45N5O3/c1-24-21-33(42)40(34(24)43)25(2)35(44)38-18-15-36(16-19-38,27-9-5-4-6-10-27)17-20-39-28-13-14-29(39)23-30(22-28)41-26(3)37-31-11-7-8-12-32(31)41/h4-12,21,25,28-30,42-43H,13-20,22-23H2,1-3H3. The highest BCUT2D eigenvalue weighted by atomic mass is 16.3. The van der Waals surface area contributed by atoms with E-state index in [4.69, 9.17) is 4.98 Å². The Labute approximate surface area is 259 Å². The van der Waals surface area contributed by atoms with Crippen molar-refractivity contribution >= 4 is 16.9 Å². The van der Waals surface area contributed by atoms with Gasteiger partial charge in [-0.2, -0.15) is 0 Å². The Morgan fingerprint density at radius 2 is 1.61 bits per heavy atom. The molecule has 0 aliphatic carbocycles. The molecule has 1 amide bonds. The number of aromatic hydroxyl groups is 2. The minimum absolute atomic E-state index is 0.0169. The molecular formula is C36H45N5O3. The number of benzene rings is 2. The minimum Gasteiger partial charge on any atom is -0.494 e. The second-order valence-electron chi connectivity index (χ2n) is 13.5. The van der Waals surface area contributed by atoms with Gasteiger partial charge in [-0.25, -0.2) is 4.98 Å². The molecule has 7 rings (SSSR count). The number of rotatable bonds is 7. The molecule has 2 N–H and O–H groups in total. The summed E-state index contributed by atoms with van der Waals surface area (Å²) in [5.74, 6) is 0.940. The maximum Gasteiger partial charge on any atom is 0.245 e. The van der Waals surface area contributed by atoms with Crippen LogP contribution in [0.1, 0.15) is 80.9 Å². The van der Waals surface area contributed by atoms with E-state index < -0.39 is 6.04 Å². The normalized spacial score (nSPS) is 24.2. The molecule has 232 valence electrons. The van der Waals surface area contributed by atoms with Gasteiger partial charge in [-0.3, -0.25) is 14.3 Å². The fraction of sp³-hybridized carbons (Fsp3) is 0.500. The van der Waals surface area contributed by atoms with Crippen molar-refractivity contribution in [1.82, 2.24) is 23.9 Å². The third-order valence-corrected chi connectivity index (χ3v) is 11.2. The Balaban J connectivity index is 1.05. The van der Waals surface area contributed by atoms with Crippen LogP contribution in [0.4, 0.5) is 0 Å². The van der Waals surface area contributed by atoms with E-state index >= 15 is 0 Å². The molecule has 0 radical (unpaired) electrons. The smallest absolute Gasteiger partial charge is 0.245 e.